The van der Waals surface area contributed by atoms with E-state index in [4.69, 9.17) is 15.3 Å². The van der Waals surface area contributed by atoms with Gasteiger partial charge in [0.1, 0.15) is 0 Å². The number of H-pyrrole nitrogens is 1. The van der Waals surface area contributed by atoms with Crippen LogP contribution in [-0.2, 0) is 24.2 Å². The number of likely N-dealkylation sites (tertiary alicyclic amines) is 1. The Labute approximate surface area is 204 Å². The average Bonchev–Trinajstić information content (AvgIpc) is 3.49. The van der Waals surface area contributed by atoms with Gasteiger partial charge in [-0.05, 0) is 56.3 Å². The minimum absolute atomic E-state index is 0.0541. The zero-order valence-electron chi connectivity index (χ0n) is 20.3. The number of nitrogens with one attached hydrogen (secondary N) is 2. The van der Waals surface area contributed by atoms with Gasteiger partial charge in [-0.2, -0.15) is 0 Å². The molecular weight excluding hydrogens is 448 g/mol. The van der Waals surface area contributed by atoms with Gasteiger partial charge < -0.3 is 20.1 Å². The summed E-state index contributed by atoms with van der Waals surface area (Å²) in [5.41, 5.74) is 5.40. The molecular formula is C25H34N6O4. The summed E-state index contributed by atoms with van der Waals surface area (Å²) in [4.78, 5) is 31.2. The van der Waals surface area contributed by atoms with E-state index in [0.717, 1.165) is 51.0 Å². The van der Waals surface area contributed by atoms with Gasteiger partial charge in [-0.25, -0.2) is 4.98 Å². The summed E-state index contributed by atoms with van der Waals surface area (Å²) in [5, 5.41) is 18.3. The highest BCUT2D eigenvalue weighted by molar-refractivity contribution is 5.89. The number of carbonyl (C=O) groups is 1. The van der Waals surface area contributed by atoms with E-state index < -0.39 is 5.09 Å². The molecule has 1 amide bonds. The van der Waals surface area contributed by atoms with Gasteiger partial charge in [0.15, 0.2) is 0 Å². The first-order chi connectivity index (χ1) is 16.9. The van der Waals surface area contributed by atoms with E-state index in [2.05, 4.69) is 63.0 Å². The maximum absolute atomic E-state index is 13.1. The molecule has 0 radical (unpaired) electrons. The molecule has 0 spiro atoms. The number of aromatic amines is 1. The first-order valence-corrected chi connectivity index (χ1v) is 12.4. The van der Waals surface area contributed by atoms with E-state index in [1.807, 2.05) is 6.20 Å². The third-order valence-electron chi connectivity index (χ3n) is 7.37. The molecule has 3 N–H and O–H groups in total. The molecule has 2 aromatic heterocycles. The van der Waals surface area contributed by atoms with Crippen molar-refractivity contribution in [1.82, 2.24) is 24.8 Å². The van der Waals surface area contributed by atoms with Crippen LogP contribution in [0, 0.1) is 16.0 Å². The Bertz CT molecular complexity index is 1150. The van der Waals surface area contributed by atoms with Gasteiger partial charge in [0.2, 0.25) is 5.91 Å². The number of hydrogen-bond acceptors (Lipinski definition) is 5. The topological polar surface area (TPSA) is 129 Å². The summed E-state index contributed by atoms with van der Waals surface area (Å²) in [6.07, 6.45) is 9.80. The van der Waals surface area contributed by atoms with Crippen LogP contribution in [0.4, 0.5) is 0 Å². The van der Waals surface area contributed by atoms with Gasteiger partial charge in [-0.15, -0.1) is 10.1 Å². The van der Waals surface area contributed by atoms with Crippen LogP contribution >= 0.6 is 0 Å². The van der Waals surface area contributed by atoms with Gasteiger partial charge >= 0.3 is 0 Å². The molecule has 188 valence electrons. The number of rotatable bonds is 7. The Balaban J connectivity index is 0.000000672. The maximum Gasteiger partial charge on any atom is 0.291 e. The quantitative estimate of drug-likeness (QED) is 0.270. The lowest BCUT2D eigenvalue weighted by Gasteiger charge is -2.46. The van der Waals surface area contributed by atoms with Crippen LogP contribution in [0.5, 0.6) is 0 Å². The minimum Gasteiger partial charge on any atom is -0.356 e. The maximum atomic E-state index is 13.1. The number of likely N-dealkylation sites (N-methyl/N-ethyl adjacent to an activating group) is 1. The molecule has 1 aliphatic heterocycles. The van der Waals surface area contributed by atoms with Gasteiger partial charge in [0.05, 0.1) is 12.2 Å². The molecule has 1 unspecified atom stereocenters. The minimum atomic E-state index is -1.50. The Morgan fingerprint density at radius 2 is 2.14 bits per heavy atom. The van der Waals surface area contributed by atoms with Crippen LogP contribution in [0.25, 0.3) is 10.9 Å². The molecule has 10 heteroatoms. The monoisotopic (exact) mass is 482 g/mol. The number of carbonyl (C=O) groups excluding carboxylic acids is 1. The van der Waals surface area contributed by atoms with Crippen LogP contribution in [-0.4, -0.2) is 61.3 Å². The van der Waals surface area contributed by atoms with Crippen LogP contribution in [0.3, 0.4) is 0 Å². The Morgan fingerprint density at radius 3 is 2.83 bits per heavy atom. The van der Waals surface area contributed by atoms with E-state index >= 15 is 0 Å². The average molecular weight is 483 g/mol. The number of benzene rings is 1. The number of fused-ring (bicyclic) bond motifs is 2. The third kappa shape index (κ3) is 5.32. The summed E-state index contributed by atoms with van der Waals surface area (Å²) in [6, 6.07) is 7.25. The fraction of sp³-hybridized carbons (Fsp3) is 0.520. The zero-order chi connectivity index (χ0) is 24.9. The summed E-state index contributed by atoms with van der Waals surface area (Å²) < 4.78 is 2.38. The van der Waals surface area contributed by atoms with Crippen molar-refractivity contribution in [2.24, 2.45) is 5.92 Å². The molecule has 5 rings (SSSR count). The zero-order valence-corrected chi connectivity index (χ0v) is 20.3. The first kappa shape index (κ1) is 24.7. The summed E-state index contributed by atoms with van der Waals surface area (Å²) in [6.45, 7) is 8.01. The normalized spacial score (nSPS) is 21.1. The van der Waals surface area contributed by atoms with E-state index in [1.165, 1.54) is 22.0 Å². The van der Waals surface area contributed by atoms with Crippen molar-refractivity contribution in [1.29, 1.82) is 0 Å². The fourth-order valence-corrected chi connectivity index (χ4v) is 5.85. The van der Waals surface area contributed by atoms with Crippen molar-refractivity contribution in [3.8, 4) is 0 Å². The molecule has 0 bridgehead atoms. The molecule has 3 aromatic rings. The van der Waals surface area contributed by atoms with Crippen molar-refractivity contribution in [3.63, 3.8) is 0 Å². The number of nitrogens with zero attached hydrogens (tertiary/aromatic N) is 4. The van der Waals surface area contributed by atoms with E-state index in [-0.39, 0.29) is 11.8 Å². The SMILES string of the molecule is CCN1CC(C(=O)NCCCc2cnc[nH]2)C[C@@H]2c3cccc4c3c(cn4CC)C[C@H]21.O=[N+]([O-])O. The fourth-order valence-electron chi connectivity index (χ4n) is 5.85. The predicted octanol–water partition coefficient (Wildman–Crippen LogP) is 3.14. The van der Waals surface area contributed by atoms with Crippen molar-refractivity contribution in [3.05, 3.63) is 63.9 Å². The lowest BCUT2D eigenvalue weighted by Crippen LogP contribution is -2.53. The molecule has 3 heterocycles. The molecule has 0 saturated carbocycles. The summed E-state index contributed by atoms with van der Waals surface area (Å²) in [5.74, 6) is 0.697. The smallest absolute Gasteiger partial charge is 0.291 e. The number of imidazole rings is 1. The molecule has 3 atom stereocenters. The highest BCUT2D eigenvalue weighted by Crippen LogP contribution is 2.45. The highest BCUT2D eigenvalue weighted by atomic mass is 16.9. The number of aryl methyl sites for hydroxylation is 2. The molecule has 35 heavy (non-hydrogen) atoms. The number of amides is 1. The van der Waals surface area contributed by atoms with Crippen molar-refractivity contribution >= 4 is 16.8 Å². The third-order valence-corrected chi connectivity index (χ3v) is 7.37. The molecule has 2 aliphatic rings. The van der Waals surface area contributed by atoms with E-state index in [1.54, 1.807) is 6.33 Å². The van der Waals surface area contributed by atoms with Crippen LogP contribution < -0.4 is 5.32 Å². The van der Waals surface area contributed by atoms with Crippen LogP contribution in [0.2, 0.25) is 0 Å². The summed E-state index contributed by atoms with van der Waals surface area (Å²) in [7, 11) is 0. The van der Waals surface area contributed by atoms with Crippen molar-refractivity contribution in [2.75, 3.05) is 19.6 Å². The van der Waals surface area contributed by atoms with Crippen molar-refractivity contribution in [2.45, 2.75) is 58.0 Å². The van der Waals surface area contributed by atoms with Crippen LogP contribution in [0.1, 0.15) is 49.4 Å². The Hall–Kier alpha value is -3.40. The second-order valence-electron chi connectivity index (χ2n) is 9.29. The van der Waals surface area contributed by atoms with Gasteiger partial charge in [0, 0.05) is 60.6 Å². The second kappa shape index (κ2) is 10.9. The summed E-state index contributed by atoms with van der Waals surface area (Å²) >= 11 is 0. The second-order valence-corrected chi connectivity index (χ2v) is 9.29. The Kier molecular flexibility index (Phi) is 7.70. The first-order valence-electron chi connectivity index (χ1n) is 12.4. The van der Waals surface area contributed by atoms with Crippen LogP contribution in [0.15, 0.2) is 36.9 Å². The predicted molar refractivity (Wildman–Crippen MR) is 132 cm³/mol. The van der Waals surface area contributed by atoms with Gasteiger partial charge in [-0.1, -0.05) is 19.1 Å². The number of hydrogen-bond donors (Lipinski definition) is 3. The van der Waals surface area contributed by atoms with Gasteiger partial charge in [-0.3, -0.25) is 9.69 Å². The van der Waals surface area contributed by atoms with Crippen molar-refractivity contribution < 1.29 is 15.1 Å². The standard InChI is InChI=1S/C25H33N5O.HNO3/c1-3-29-14-17-12-23-21(20-8-5-9-22(29)24(17)20)11-18(15-30(23)4-2)25(31)27-10-6-7-19-13-26-16-28-19;2-1(3)4/h5,8-9,13-14,16,18,21,23H,3-4,6-7,10-12,15H2,1-2H3,(H,26,28)(H,27,31);(H,2,3,4)/t18?,21-,23-;/m1./s1. The molecule has 1 aromatic carbocycles. The molecule has 1 saturated heterocycles. The lowest BCUT2D eigenvalue weighted by atomic mass is 9.72. The number of aromatic nitrogens is 3. The van der Waals surface area contributed by atoms with E-state index in [9.17, 15) is 4.79 Å². The molecule has 1 fully saturated rings. The number of piperidine rings is 1. The molecule has 10 nitrogen and oxygen atoms in total. The Morgan fingerprint density at radius 1 is 1.34 bits per heavy atom. The lowest BCUT2D eigenvalue weighted by molar-refractivity contribution is -0.742. The largest absolute Gasteiger partial charge is 0.356 e. The van der Waals surface area contributed by atoms with Gasteiger partial charge in [0.25, 0.3) is 5.09 Å². The van der Waals surface area contributed by atoms with E-state index in [0.29, 0.717) is 18.5 Å². The highest BCUT2D eigenvalue weighted by Gasteiger charge is 2.42. The molecule has 1 aliphatic carbocycles.